The van der Waals surface area contributed by atoms with E-state index in [-0.39, 0.29) is 17.0 Å². The zero-order valence-corrected chi connectivity index (χ0v) is 11.0. The molecule has 0 aliphatic carbocycles. The summed E-state index contributed by atoms with van der Waals surface area (Å²) in [6, 6.07) is 13.2. The molecule has 3 rings (SSSR count). The van der Waals surface area contributed by atoms with Crippen LogP contribution in [-0.2, 0) is 0 Å². The fraction of sp³-hybridized carbons (Fsp3) is 0. The van der Waals surface area contributed by atoms with Crippen LogP contribution in [-0.4, -0.2) is 15.6 Å². The Morgan fingerprint density at radius 2 is 1.90 bits per heavy atom. The zero-order chi connectivity index (χ0) is 14.8. The van der Waals surface area contributed by atoms with Gasteiger partial charge in [0.2, 0.25) is 0 Å². The lowest BCUT2D eigenvalue weighted by Crippen LogP contribution is -2.05. The van der Waals surface area contributed by atoms with Crippen molar-refractivity contribution in [3.8, 4) is 5.69 Å². The highest BCUT2D eigenvalue weighted by Gasteiger charge is 2.15. The highest BCUT2D eigenvalue weighted by atomic mass is 19.1. The van der Waals surface area contributed by atoms with Gasteiger partial charge in [0.15, 0.2) is 5.78 Å². The molecule has 1 heterocycles. The van der Waals surface area contributed by atoms with Crippen LogP contribution in [0.15, 0.2) is 60.9 Å². The molecule has 0 atom stereocenters. The number of anilines is 1. The van der Waals surface area contributed by atoms with Gasteiger partial charge in [-0.1, -0.05) is 18.2 Å². The van der Waals surface area contributed by atoms with Crippen LogP contribution in [0.3, 0.4) is 0 Å². The molecule has 2 aromatic carbocycles. The normalized spacial score (nSPS) is 10.5. The van der Waals surface area contributed by atoms with E-state index >= 15 is 0 Å². The van der Waals surface area contributed by atoms with Gasteiger partial charge in [0.05, 0.1) is 17.4 Å². The number of rotatable bonds is 3. The molecule has 4 nitrogen and oxygen atoms in total. The summed E-state index contributed by atoms with van der Waals surface area (Å²) in [5, 5.41) is 4.16. The number of nitrogens with two attached hydrogens (primary N) is 1. The maximum absolute atomic E-state index is 13.0. The summed E-state index contributed by atoms with van der Waals surface area (Å²) in [7, 11) is 0. The molecule has 1 aromatic heterocycles. The molecule has 0 bridgehead atoms. The number of aromatic nitrogens is 2. The number of nitrogens with zero attached hydrogens (tertiary/aromatic N) is 2. The van der Waals surface area contributed by atoms with E-state index in [1.54, 1.807) is 10.9 Å². The summed E-state index contributed by atoms with van der Waals surface area (Å²) < 4.78 is 14.6. The maximum Gasteiger partial charge on any atom is 0.198 e. The second kappa shape index (κ2) is 5.20. The summed E-state index contributed by atoms with van der Waals surface area (Å²) >= 11 is 0. The highest BCUT2D eigenvalue weighted by molar-refractivity contribution is 6.11. The predicted octanol–water partition coefficient (Wildman–Crippen LogP) is 2.82. The molecule has 3 aromatic rings. The third-order valence-corrected chi connectivity index (χ3v) is 3.12. The second-order valence-corrected chi connectivity index (χ2v) is 4.57. The molecule has 0 amide bonds. The van der Waals surface area contributed by atoms with Crippen molar-refractivity contribution in [3.63, 3.8) is 0 Å². The first-order valence-electron chi connectivity index (χ1n) is 6.35. The van der Waals surface area contributed by atoms with Crippen LogP contribution in [0, 0.1) is 5.82 Å². The summed E-state index contributed by atoms with van der Waals surface area (Å²) in [4.78, 5) is 12.4. The minimum absolute atomic E-state index is 0.118. The summed E-state index contributed by atoms with van der Waals surface area (Å²) in [6.45, 7) is 0. The fourth-order valence-corrected chi connectivity index (χ4v) is 2.06. The van der Waals surface area contributed by atoms with E-state index in [1.165, 1.54) is 18.3 Å². The highest BCUT2D eigenvalue weighted by Crippen LogP contribution is 2.18. The molecule has 0 fully saturated rings. The molecule has 0 unspecified atom stereocenters. The first-order chi connectivity index (χ1) is 10.1. The molecular formula is C16H12FN3O. The third-order valence-electron chi connectivity index (χ3n) is 3.12. The number of carbonyl (C=O) groups is 1. The molecule has 2 N–H and O–H groups in total. The summed E-state index contributed by atoms with van der Waals surface area (Å²) in [5.41, 5.74) is 7.33. The lowest BCUT2D eigenvalue weighted by molar-refractivity contribution is 0.103. The third kappa shape index (κ3) is 2.53. The average Bonchev–Trinajstić information content (AvgIpc) is 2.97. The number of ketones is 1. The Bertz CT molecular complexity index is 796. The Balaban J connectivity index is 1.94. The summed E-state index contributed by atoms with van der Waals surface area (Å²) in [5.74, 6) is -0.751. The van der Waals surface area contributed by atoms with E-state index in [2.05, 4.69) is 5.10 Å². The van der Waals surface area contributed by atoms with Crippen LogP contribution < -0.4 is 5.73 Å². The van der Waals surface area contributed by atoms with Gasteiger partial charge >= 0.3 is 0 Å². The lowest BCUT2D eigenvalue weighted by atomic mass is 10.0. The molecule has 0 spiro atoms. The van der Waals surface area contributed by atoms with E-state index in [1.807, 2.05) is 30.3 Å². The molecule has 5 heteroatoms. The van der Waals surface area contributed by atoms with Crippen LogP contribution in [0.4, 0.5) is 10.1 Å². The van der Waals surface area contributed by atoms with Crippen molar-refractivity contribution >= 4 is 11.5 Å². The smallest absolute Gasteiger partial charge is 0.198 e. The first-order valence-corrected chi connectivity index (χ1v) is 6.35. The minimum atomic E-state index is -0.468. The summed E-state index contributed by atoms with van der Waals surface area (Å²) in [6.07, 6.45) is 3.10. The van der Waals surface area contributed by atoms with Crippen LogP contribution >= 0.6 is 0 Å². The molecule has 0 saturated heterocycles. The minimum Gasteiger partial charge on any atom is -0.398 e. The van der Waals surface area contributed by atoms with Gasteiger partial charge in [0, 0.05) is 17.4 Å². The van der Waals surface area contributed by atoms with Gasteiger partial charge < -0.3 is 5.73 Å². The molecule has 104 valence electrons. The van der Waals surface area contributed by atoms with Crippen molar-refractivity contribution in [1.82, 2.24) is 9.78 Å². The lowest BCUT2D eigenvalue weighted by Gasteiger charge is -2.03. The number of benzene rings is 2. The predicted molar refractivity (Wildman–Crippen MR) is 77.8 cm³/mol. The van der Waals surface area contributed by atoms with E-state index in [0.717, 1.165) is 11.8 Å². The largest absolute Gasteiger partial charge is 0.398 e. The van der Waals surface area contributed by atoms with Gasteiger partial charge in [-0.05, 0) is 30.3 Å². The number of hydrogen-bond acceptors (Lipinski definition) is 3. The number of carbonyl (C=O) groups excluding carboxylic acids is 1. The van der Waals surface area contributed by atoms with Crippen LogP contribution in [0.25, 0.3) is 5.69 Å². The van der Waals surface area contributed by atoms with E-state index in [4.69, 9.17) is 5.73 Å². The fourth-order valence-electron chi connectivity index (χ4n) is 2.06. The van der Waals surface area contributed by atoms with Gasteiger partial charge in [-0.3, -0.25) is 4.79 Å². The molecule has 0 radical (unpaired) electrons. The number of nitrogen functional groups attached to an aromatic ring is 1. The van der Waals surface area contributed by atoms with Gasteiger partial charge in [-0.15, -0.1) is 0 Å². The van der Waals surface area contributed by atoms with Crippen molar-refractivity contribution in [2.24, 2.45) is 0 Å². The second-order valence-electron chi connectivity index (χ2n) is 4.57. The molecule has 21 heavy (non-hydrogen) atoms. The van der Waals surface area contributed by atoms with Crippen LogP contribution in [0.2, 0.25) is 0 Å². The van der Waals surface area contributed by atoms with E-state index in [9.17, 15) is 9.18 Å². The van der Waals surface area contributed by atoms with Crippen molar-refractivity contribution in [3.05, 3.63) is 77.9 Å². The quantitative estimate of drug-likeness (QED) is 0.593. The Morgan fingerprint density at radius 3 is 2.62 bits per heavy atom. The molecule has 0 aliphatic rings. The zero-order valence-electron chi connectivity index (χ0n) is 11.0. The van der Waals surface area contributed by atoms with Crippen molar-refractivity contribution in [2.75, 3.05) is 5.73 Å². The number of halogens is 1. The van der Waals surface area contributed by atoms with E-state index < -0.39 is 5.82 Å². The van der Waals surface area contributed by atoms with E-state index in [0.29, 0.717) is 5.56 Å². The van der Waals surface area contributed by atoms with Crippen LogP contribution in [0.1, 0.15) is 15.9 Å². The Labute approximate surface area is 120 Å². The Kier molecular flexibility index (Phi) is 3.23. The maximum atomic E-state index is 13.0. The van der Waals surface area contributed by atoms with Gasteiger partial charge in [0.25, 0.3) is 0 Å². The van der Waals surface area contributed by atoms with Gasteiger partial charge in [-0.2, -0.15) is 5.10 Å². The Hall–Kier alpha value is -2.95. The SMILES string of the molecule is Nc1cc(F)ccc1C(=O)c1cnn(-c2ccccc2)c1. The molecule has 0 saturated carbocycles. The monoisotopic (exact) mass is 281 g/mol. The van der Waals surface area contributed by atoms with Gasteiger partial charge in [-0.25, -0.2) is 9.07 Å². The van der Waals surface area contributed by atoms with Crippen molar-refractivity contribution < 1.29 is 9.18 Å². The average molecular weight is 281 g/mol. The van der Waals surface area contributed by atoms with Crippen LogP contribution in [0.5, 0.6) is 0 Å². The topological polar surface area (TPSA) is 60.9 Å². The first kappa shape index (κ1) is 13.1. The van der Waals surface area contributed by atoms with Crippen molar-refractivity contribution in [1.29, 1.82) is 0 Å². The molecule has 0 aliphatic heterocycles. The number of para-hydroxylation sites is 1. The molecular weight excluding hydrogens is 269 g/mol. The number of hydrogen-bond donors (Lipinski definition) is 1. The van der Waals surface area contributed by atoms with Gasteiger partial charge in [0.1, 0.15) is 5.82 Å². The standard InChI is InChI=1S/C16H12FN3O/c17-12-6-7-14(15(18)8-12)16(21)11-9-19-20(10-11)13-4-2-1-3-5-13/h1-10H,18H2. The Morgan fingerprint density at radius 1 is 1.14 bits per heavy atom. The van der Waals surface area contributed by atoms with Crippen molar-refractivity contribution in [2.45, 2.75) is 0 Å².